The molecule has 1 aromatic heterocycles. The minimum absolute atomic E-state index is 0.349. The molecule has 0 atom stereocenters. The molecule has 0 fully saturated rings. The lowest BCUT2D eigenvalue weighted by molar-refractivity contribution is -0.123. The minimum atomic E-state index is -0.710. The number of carbonyl (C=O) groups excluding carboxylic acids is 3. The van der Waals surface area contributed by atoms with Crippen LogP contribution in [0.15, 0.2) is 35.5 Å². The zero-order valence-electron chi connectivity index (χ0n) is 15.2. The second-order valence-electron chi connectivity index (χ2n) is 5.58. The molecule has 0 spiro atoms. The molecule has 0 unspecified atom stereocenters. The summed E-state index contributed by atoms with van der Waals surface area (Å²) in [6, 6.07) is 8.17. The SMILES string of the molecule is CNC(=O)NC(=O)COC(=O)c1ccccc1CSc1nc(C)cc(C)n1. The molecule has 0 aliphatic rings. The standard InChI is InChI=1S/C18H20N4O4S/c1-11-8-12(2)21-18(20-11)27-10-13-6-4-5-7-14(13)16(24)26-9-15(23)22-17(25)19-3/h4-8H,9-10H2,1-3H3,(H2,19,22,23,25). The van der Waals surface area contributed by atoms with Gasteiger partial charge >= 0.3 is 12.0 Å². The summed E-state index contributed by atoms with van der Waals surface area (Å²) in [5, 5.41) is 4.89. The number of benzene rings is 1. The first kappa shape index (κ1) is 20.4. The predicted molar refractivity (Wildman–Crippen MR) is 100 cm³/mol. The lowest BCUT2D eigenvalue weighted by Gasteiger charge is -2.09. The summed E-state index contributed by atoms with van der Waals surface area (Å²) in [5.74, 6) is -0.878. The average molecular weight is 388 g/mol. The number of nitrogens with one attached hydrogen (secondary N) is 2. The van der Waals surface area contributed by atoms with E-state index in [0.717, 1.165) is 17.0 Å². The number of thioether (sulfide) groups is 1. The summed E-state index contributed by atoms with van der Waals surface area (Å²) in [6.07, 6.45) is 0. The summed E-state index contributed by atoms with van der Waals surface area (Å²) >= 11 is 1.41. The van der Waals surface area contributed by atoms with Crippen LogP contribution in [0.5, 0.6) is 0 Å². The number of rotatable bonds is 6. The molecule has 1 aromatic carbocycles. The summed E-state index contributed by atoms with van der Waals surface area (Å²) in [6.45, 7) is 3.25. The van der Waals surface area contributed by atoms with Gasteiger partial charge < -0.3 is 10.1 Å². The highest BCUT2D eigenvalue weighted by Gasteiger charge is 2.15. The maximum atomic E-state index is 12.3. The Morgan fingerprint density at radius 2 is 1.78 bits per heavy atom. The van der Waals surface area contributed by atoms with Crippen LogP contribution in [0.1, 0.15) is 27.3 Å². The van der Waals surface area contributed by atoms with Gasteiger partial charge in [-0.25, -0.2) is 19.6 Å². The van der Waals surface area contributed by atoms with E-state index in [-0.39, 0.29) is 0 Å². The fourth-order valence-corrected chi connectivity index (χ4v) is 3.13. The maximum absolute atomic E-state index is 12.3. The number of amides is 3. The molecule has 0 saturated heterocycles. The van der Waals surface area contributed by atoms with Crippen LogP contribution in [0.3, 0.4) is 0 Å². The Hall–Kier alpha value is -2.94. The second-order valence-corrected chi connectivity index (χ2v) is 6.53. The summed E-state index contributed by atoms with van der Waals surface area (Å²) < 4.78 is 4.99. The van der Waals surface area contributed by atoms with E-state index in [2.05, 4.69) is 15.3 Å². The van der Waals surface area contributed by atoms with E-state index < -0.39 is 24.5 Å². The zero-order chi connectivity index (χ0) is 19.8. The third-order valence-electron chi connectivity index (χ3n) is 3.37. The Morgan fingerprint density at radius 3 is 2.44 bits per heavy atom. The molecule has 1 heterocycles. The molecule has 3 amide bonds. The van der Waals surface area contributed by atoms with Gasteiger partial charge in [-0.05, 0) is 31.5 Å². The number of hydrogen-bond donors (Lipinski definition) is 2. The zero-order valence-corrected chi connectivity index (χ0v) is 16.1. The molecule has 0 aliphatic heterocycles. The van der Waals surface area contributed by atoms with Gasteiger partial charge in [0.25, 0.3) is 5.91 Å². The van der Waals surface area contributed by atoms with Crippen molar-refractivity contribution in [2.24, 2.45) is 0 Å². The van der Waals surface area contributed by atoms with Crippen molar-refractivity contribution < 1.29 is 19.1 Å². The van der Waals surface area contributed by atoms with Crippen molar-refractivity contribution in [2.45, 2.75) is 24.8 Å². The number of carbonyl (C=O) groups is 3. The molecule has 0 radical (unpaired) electrons. The van der Waals surface area contributed by atoms with Crippen molar-refractivity contribution in [1.82, 2.24) is 20.6 Å². The van der Waals surface area contributed by atoms with Crippen LogP contribution in [0.2, 0.25) is 0 Å². The first-order valence-corrected chi connectivity index (χ1v) is 9.09. The quantitative estimate of drug-likeness (QED) is 0.442. The number of esters is 1. The van der Waals surface area contributed by atoms with Crippen LogP contribution in [0.25, 0.3) is 0 Å². The predicted octanol–water partition coefficient (Wildman–Crippen LogP) is 2.00. The number of aromatic nitrogens is 2. The Bertz CT molecular complexity index is 837. The van der Waals surface area contributed by atoms with Crippen LogP contribution in [0.4, 0.5) is 4.79 Å². The van der Waals surface area contributed by atoms with Crippen molar-refractivity contribution in [3.63, 3.8) is 0 Å². The molecule has 9 heteroatoms. The van der Waals surface area contributed by atoms with E-state index in [9.17, 15) is 14.4 Å². The number of urea groups is 1. The molecule has 0 bridgehead atoms. The van der Waals surface area contributed by atoms with E-state index in [1.54, 1.807) is 18.2 Å². The molecule has 2 aromatic rings. The lowest BCUT2D eigenvalue weighted by atomic mass is 10.1. The van der Waals surface area contributed by atoms with Crippen molar-refractivity contribution in [1.29, 1.82) is 0 Å². The van der Waals surface area contributed by atoms with Crippen LogP contribution >= 0.6 is 11.8 Å². The Balaban J connectivity index is 2.00. The van der Waals surface area contributed by atoms with E-state index in [0.29, 0.717) is 16.5 Å². The highest BCUT2D eigenvalue weighted by molar-refractivity contribution is 7.98. The van der Waals surface area contributed by atoms with Crippen LogP contribution in [0, 0.1) is 13.8 Å². The van der Waals surface area contributed by atoms with Crippen LogP contribution in [-0.2, 0) is 15.3 Å². The number of nitrogens with zero attached hydrogens (tertiary/aromatic N) is 2. The molecule has 8 nitrogen and oxygen atoms in total. The highest BCUT2D eigenvalue weighted by atomic mass is 32.2. The first-order valence-electron chi connectivity index (χ1n) is 8.10. The van der Waals surface area contributed by atoms with Crippen molar-refractivity contribution in [2.75, 3.05) is 13.7 Å². The maximum Gasteiger partial charge on any atom is 0.338 e. The molecular weight excluding hydrogens is 368 g/mol. The van der Waals surface area contributed by atoms with Crippen LogP contribution < -0.4 is 10.6 Å². The number of hydrogen-bond acceptors (Lipinski definition) is 7. The monoisotopic (exact) mass is 388 g/mol. The molecule has 0 saturated carbocycles. The van der Waals surface area contributed by atoms with Gasteiger partial charge in [0.15, 0.2) is 11.8 Å². The summed E-state index contributed by atoms with van der Waals surface area (Å²) in [5.41, 5.74) is 2.84. The van der Waals surface area contributed by atoms with Gasteiger partial charge in [0.05, 0.1) is 5.56 Å². The molecule has 2 rings (SSSR count). The van der Waals surface area contributed by atoms with Gasteiger partial charge in [-0.15, -0.1) is 0 Å². The summed E-state index contributed by atoms with van der Waals surface area (Å²) in [4.78, 5) is 43.6. The third-order valence-corrected chi connectivity index (χ3v) is 4.27. The number of aryl methyl sites for hydroxylation is 2. The highest BCUT2D eigenvalue weighted by Crippen LogP contribution is 2.22. The molecular formula is C18H20N4O4S. The summed E-state index contributed by atoms with van der Waals surface area (Å²) in [7, 11) is 1.38. The van der Waals surface area contributed by atoms with E-state index >= 15 is 0 Å². The smallest absolute Gasteiger partial charge is 0.338 e. The molecule has 27 heavy (non-hydrogen) atoms. The third kappa shape index (κ3) is 6.37. The van der Waals surface area contributed by atoms with Crippen molar-refractivity contribution >= 4 is 29.7 Å². The first-order chi connectivity index (χ1) is 12.9. The van der Waals surface area contributed by atoms with E-state index in [1.807, 2.05) is 31.3 Å². The Kier molecular flexibility index (Phi) is 7.30. The van der Waals surface area contributed by atoms with Gasteiger partial charge in [-0.1, -0.05) is 30.0 Å². The van der Waals surface area contributed by atoms with Gasteiger partial charge in [0.1, 0.15) is 0 Å². The molecule has 142 valence electrons. The topological polar surface area (TPSA) is 110 Å². The van der Waals surface area contributed by atoms with E-state index in [1.165, 1.54) is 18.8 Å². The molecule has 2 N–H and O–H groups in total. The fourth-order valence-electron chi connectivity index (χ4n) is 2.18. The normalized spacial score (nSPS) is 10.2. The number of imide groups is 1. The Labute approximate surface area is 161 Å². The lowest BCUT2D eigenvalue weighted by Crippen LogP contribution is -2.39. The fraction of sp³-hybridized carbons (Fsp3) is 0.278. The van der Waals surface area contributed by atoms with Crippen molar-refractivity contribution in [3.05, 3.63) is 52.8 Å². The largest absolute Gasteiger partial charge is 0.452 e. The molecule has 0 aliphatic carbocycles. The second kappa shape index (κ2) is 9.67. The van der Waals surface area contributed by atoms with Gasteiger partial charge in [0.2, 0.25) is 0 Å². The average Bonchev–Trinajstić information content (AvgIpc) is 2.63. The van der Waals surface area contributed by atoms with Crippen molar-refractivity contribution in [3.8, 4) is 0 Å². The Morgan fingerprint density at radius 1 is 1.11 bits per heavy atom. The number of ether oxygens (including phenoxy) is 1. The minimum Gasteiger partial charge on any atom is -0.452 e. The van der Waals surface area contributed by atoms with Gasteiger partial charge in [0, 0.05) is 24.2 Å². The van der Waals surface area contributed by atoms with Gasteiger partial charge in [-0.3, -0.25) is 10.1 Å². The van der Waals surface area contributed by atoms with E-state index in [4.69, 9.17) is 4.74 Å². The van der Waals surface area contributed by atoms with Crippen LogP contribution in [-0.4, -0.2) is 41.5 Å². The van der Waals surface area contributed by atoms with Gasteiger partial charge in [-0.2, -0.15) is 0 Å².